The lowest BCUT2D eigenvalue weighted by Crippen LogP contribution is -2.56. The molecule has 1 saturated heterocycles. The van der Waals surface area contributed by atoms with Crippen LogP contribution in [0.2, 0.25) is 0 Å². The number of carboxylic acids is 2. The molecule has 5 amide bonds. The van der Waals surface area contributed by atoms with Crippen LogP contribution >= 0.6 is 0 Å². The number of nitrogens with two attached hydrogens (primary N) is 2. The highest BCUT2D eigenvalue weighted by atomic mass is 16.4. The number of carbonyl (C=O) groups excluding carboxylic acids is 5. The maximum Gasteiger partial charge on any atom is 0.326 e. The fourth-order valence-electron chi connectivity index (χ4n) is 4.17. The van der Waals surface area contributed by atoms with Crippen LogP contribution in [0.15, 0.2) is 30.3 Å². The van der Waals surface area contributed by atoms with Crippen molar-refractivity contribution in [3.63, 3.8) is 0 Å². The number of hydrogen-bond acceptors (Lipinski definition) is 8. The van der Waals surface area contributed by atoms with E-state index < -0.39 is 85.0 Å². The summed E-state index contributed by atoms with van der Waals surface area (Å²) in [6.07, 6.45) is -0.572. The lowest BCUT2D eigenvalue weighted by atomic mass is 10.0. The maximum atomic E-state index is 13.1. The van der Waals surface area contributed by atoms with Crippen molar-refractivity contribution in [1.82, 2.24) is 20.9 Å². The quantitative estimate of drug-likeness (QED) is 0.118. The Hall–Kier alpha value is -4.53. The van der Waals surface area contributed by atoms with E-state index in [0.29, 0.717) is 12.0 Å². The van der Waals surface area contributed by atoms with Crippen molar-refractivity contribution < 1.29 is 43.8 Å². The van der Waals surface area contributed by atoms with Crippen LogP contribution in [0.1, 0.15) is 37.7 Å². The predicted octanol–water partition coefficient (Wildman–Crippen LogP) is -2.54. The standard InChI is InChI=1S/C25H34N6O9/c26-15(12-19(27)32)22(36)28-13-20(33)31-10-4-7-18(31)24(38)29-16(8-9-21(34)35)23(37)30-17(25(39)40)11-14-5-2-1-3-6-14/h1-3,5-6,15-18H,4,7-13,26H2,(H2,27,32)(H,28,36)(H,29,38)(H,30,37)(H,34,35)(H,39,40)/t15-,16-,17-,18-/m0/s1. The number of carboxylic acid groups (broad SMARTS) is 2. The lowest BCUT2D eigenvalue weighted by Gasteiger charge is -2.27. The van der Waals surface area contributed by atoms with E-state index in [4.69, 9.17) is 16.6 Å². The van der Waals surface area contributed by atoms with E-state index in [1.165, 1.54) is 4.90 Å². The third-order valence-electron chi connectivity index (χ3n) is 6.22. The molecule has 0 spiro atoms. The highest BCUT2D eigenvalue weighted by Gasteiger charge is 2.36. The Bertz CT molecular complexity index is 1110. The highest BCUT2D eigenvalue weighted by molar-refractivity contribution is 5.95. The molecule has 0 aliphatic carbocycles. The Kier molecular flexibility index (Phi) is 12.0. The van der Waals surface area contributed by atoms with E-state index in [0.717, 1.165) is 0 Å². The molecular weight excluding hydrogens is 528 g/mol. The van der Waals surface area contributed by atoms with Crippen LogP contribution < -0.4 is 27.4 Å². The molecule has 1 aliphatic rings. The minimum absolute atomic E-state index is 0.0404. The average Bonchev–Trinajstić information content (AvgIpc) is 3.39. The topological polar surface area (TPSA) is 251 Å². The molecule has 1 aromatic carbocycles. The minimum atomic E-state index is -1.38. The highest BCUT2D eigenvalue weighted by Crippen LogP contribution is 2.18. The molecule has 1 heterocycles. The van der Waals surface area contributed by atoms with Gasteiger partial charge in [-0.25, -0.2) is 4.79 Å². The first-order chi connectivity index (χ1) is 18.9. The first kappa shape index (κ1) is 31.7. The summed E-state index contributed by atoms with van der Waals surface area (Å²) in [5.74, 6) is -6.34. The Morgan fingerprint density at radius 3 is 2.25 bits per heavy atom. The molecule has 2 rings (SSSR count). The zero-order valence-electron chi connectivity index (χ0n) is 21.7. The van der Waals surface area contributed by atoms with Gasteiger partial charge in [-0.3, -0.25) is 28.8 Å². The third kappa shape index (κ3) is 9.98. The largest absolute Gasteiger partial charge is 0.481 e. The smallest absolute Gasteiger partial charge is 0.326 e. The first-order valence-corrected chi connectivity index (χ1v) is 12.6. The van der Waals surface area contributed by atoms with Crippen molar-refractivity contribution in [2.24, 2.45) is 11.5 Å². The number of carbonyl (C=O) groups is 7. The van der Waals surface area contributed by atoms with Gasteiger partial charge in [-0.05, 0) is 24.8 Å². The molecule has 0 saturated carbocycles. The summed E-state index contributed by atoms with van der Waals surface area (Å²) in [5.41, 5.74) is 11.2. The van der Waals surface area contributed by atoms with Crippen molar-refractivity contribution in [3.05, 3.63) is 35.9 Å². The molecule has 40 heavy (non-hydrogen) atoms. The zero-order chi connectivity index (χ0) is 29.8. The summed E-state index contributed by atoms with van der Waals surface area (Å²) < 4.78 is 0. The average molecular weight is 563 g/mol. The molecule has 9 N–H and O–H groups in total. The molecule has 218 valence electrons. The van der Waals surface area contributed by atoms with Gasteiger partial charge in [-0.15, -0.1) is 0 Å². The Morgan fingerprint density at radius 1 is 0.975 bits per heavy atom. The van der Waals surface area contributed by atoms with Crippen molar-refractivity contribution in [2.45, 2.75) is 62.7 Å². The van der Waals surface area contributed by atoms with Crippen LogP contribution in [0.3, 0.4) is 0 Å². The summed E-state index contributed by atoms with van der Waals surface area (Å²) in [6.45, 7) is -0.317. The van der Waals surface area contributed by atoms with Gasteiger partial charge in [0.15, 0.2) is 0 Å². The molecule has 0 unspecified atom stereocenters. The number of primary amides is 1. The molecule has 1 aromatic rings. The van der Waals surface area contributed by atoms with Crippen LogP contribution in [-0.2, 0) is 40.0 Å². The van der Waals surface area contributed by atoms with Gasteiger partial charge in [-0.2, -0.15) is 0 Å². The van der Waals surface area contributed by atoms with E-state index in [1.807, 2.05) is 0 Å². The molecule has 1 fully saturated rings. The van der Waals surface area contributed by atoms with Gasteiger partial charge in [0.05, 0.1) is 19.0 Å². The molecule has 0 radical (unpaired) electrons. The van der Waals surface area contributed by atoms with Crippen molar-refractivity contribution in [1.29, 1.82) is 0 Å². The monoisotopic (exact) mass is 562 g/mol. The van der Waals surface area contributed by atoms with Crippen LogP contribution in [-0.4, -0.2) is 93.8 Å². The zero-order valence-corrected chi connectivity index (χ0v) is 21.7. The van der Waals surface area contributed by atoms with Gasteiger partial charge in [0.2, 0.25) is 29.5 Å². The fourth-order valence-corrected chi connectivity index (χ4v) is 4.17. The molecule has 0 aromatic heterocycles. The second-order valence-corrected chi connectivity index (χ2v) is 9.32. The van der Waals surface area contributed by atoms with E-state index >= 15 is 0 Å². The number of amides is 5. The number of benzene rings is 1. The van der Waals surface area contributed by atoms with Crippen LogP contribution in [0.25, 0.3) is 0 Å². The summed E-state index contributed by atoms with van der Waals surface area (Å²) >= 11 is 0. The molecule has 15 heteroatoms. The number of aliphatic carboxylic acids is 2. The van der Waals surface area contributed by atoms with Crippen LogP contribution in [0.4, 0.5) is 0 Å². The SMILES string of the molecule is NC(=O)C[C@H](N)C(=O)NCC(=O)N1CCC[C@H]1C(=O)N[C@@H](CCC(=O)O)C(=O)N[C@@H](Cc1ccccc1)C(=O)O. The summed E-state index contributed by atoms with van der Waals surface area (Å²) in [5, 5.41) is 25.8. The Labute approximate surface area is 229 Å². The van der Waals surface area contributed by atoms with Crippen molar-refractivity contribution >= 4 is 41.5 Å². The number of likely N-dealkylation sites (tertiary alicyclic amines) is 1. The van der Waals surface area contributed by atoms with E-state index in [1.54, 1.807) is 30.3 Å². The summed E-state index contributed by atoms with van der Waals surface area (Å²) in [7, 11) is 0. The number of hydrogen-bond donors (Lipinski definition) is 7. The van der Waals surface area contributed by atoms with Gasteiger partial charge < -0.3 is 42.5 Å². The second-order valence-electron chi connectivity index (χ2n) is 9.32. The normalized spacial score (nSPS) is 16.7. The maximum absolute atomic E-state index is 13.1. The molecular formula is C25H34N6O9. The predicted molar refractivity (Wildman–Crippen MR) is 138 cm³/mol. The van der Waals surface area contributed by atoms with E-state index in [9.17, 15) is 38.7 Å². The van der Waals surface area contributed by atoms with Gasteiger partial charge in [-0.1, -0.05) is 30.3 Å². The first-order valence-electron chi connectivity index (χ1n) is 12.6. The number of nitrogens with zero attached hydrogens (tertiary/aromatic N) is 1. The van der Waals surface area contributed by atoms with Gasteiger partial charge in [0.25, 0.3) is 0 Å². The number of rotatable bonds is 15. The summed E-state index contributed by atoms with van der Waals surface area (Å²) in [4.78, 5) is 85.8. The van der Waals surface area contributed by atoms with Gasteiger partial charge >= 0.3 is 11.9 Å². The lowest BCUT2D eigenvalue weighted by molar-refractivity contribution is -0.143. The minimum Gasteiger partial charge on any atom is -0.481 e. The van der Waals surface area contributed by atoms with Crippen molar-refractivity contribution in [3.8, 4) is 0 Å². The second kappa shape index (κ2) is 15.2. The van der Waals surface area contributed by atoms with Gasteiger partial charge in [0, 0.05) is 19.4 Å². The summed E-state index contributed by atoms with van der Waals surface area (Å²) in [6, 6.07) is 3.56. The molecule has 1 aliphatic heterocycles. The number of nitrogens with one attached hydrogen (secondary N) is 3. The molecule has 4 atom stereocenters. The fraction of sp³-hybridized carbons (Fsp3) is 0.480. The van der Waals surface area contributed by atoms with Crippen LogP contribution in [0, 0.1) is 0 Å². The van der Waals surface area contributed by atoms with Crippen LogP contribution in [0.5, 0.6) is 0 Å². The Balaban J connectivity index is 2.06. The molecule has 0 bridgehead atoms. The van der Waals surface area contributed by atoms with E-state index in [2.05, 4.69) is 16.0 Å². The third-order valence-corrected chi connectivity index (χ3v) is 6.22. The van der Waals surface area contributed by atoms with Gasteiger partial charge in [0.1, 0.15) is 18.1 Å². The van der Waals surface area contributed by atoms with E-state index in [-0.39, 0.29) is 25.8 Å². The van der Waals surface area contributed by atoms with Crippen molar-refractivity contribution in [2.75, 3.05) is 13.1 Å². The molecule has 15 nitrogen and oxygen atoms in total. The Morgan fingerprint density at radius 2 is 1.65 bits per heavy atom.